The van der Waals surface area contributed by atoms with Crippen LogP contribution in [0, 0.1) is 12.8 Å². The Morgan fingerprint density at radius 2 is 1.58 bits per heavy atom. The summed E-state index contributed by atoms with van der Waals surface area (Å²) in [7, 11) is 0. The van der Waals surface area contributed by atoms with Crippen molar-refractivity contribution >= 4 is 23.7 Å². The average Bonchev–Trinajstić information content (AvgIpc) is 3.04. The minimum absolute atomic E-state index is 0.172. The van der Waals surface area contributed by atoms with Gasteiger partial charge in [-0.1, -0.05) is 67.1 Å². The van der Waals surface area contributed by atoms with Crippen LogP contribution < -0.4 is 9.64 Å². The first-order chi connectivity index (χ1) is 21.9. The number of aliphatic carboxylic acids is 1. The highest BCUT2D eigenvalue weighted by Gasteiger charge is 2.17. The van der Waals surface area contributed by atoms with E-state index in [4.69, 9.17) is 9.84 Å². The Labute approximate surface area is 268 Å². The molecule has 1 fully saturated rings. The Bertz CT molecular complexity index is 1380. The highest BCUT2D eigenvalue weighted by Crippen LogP contribution is 2.25. The molecule has 7 nitrogen and oxygen atoms in total. The number of nitrogens with zero attached hydrogens (tertiary/aromatic N) is 2. The van der Waals surface area contributed by atoms with Crippen LogP contribution in [-0.2, 0) is 11.2 Å². The number of carboxylic acids is 2. The van der Waals surface area contributed by atoms with Gasteiger partial charge in [0.1, 0.15) is 5.75 Å². The Kier molecular flexibility index (Phi) is 13.5. The first-order valence-corrected chi connectivity index (χ1v) is 16.4. The molecule has 4 rings (SSSR count). The van der Waals surface area contributed by atoms with E-state index < -0.39 is 11.9 Å². The van der Waals surface area contributed by atoms with E-state index in [0.29, 0.717) is 13.0 Å². The number of carboxylic acid groups (broad SMARTS) is 2. The number of allylic oxidation sites excluding steroid dienone is 1. The molecule has 240 valence electrons. The highest BCUT2D eigenvalue weighted by atomic mass is 16.5. The first kappa shape index (κ1) is 33.8. The normalized spacial score (nSPS) is 14.5. The quantitative estimate of drug-likeness (QED) is 0.143. The second kappa shape index (κ2) is 18.0. The molecular formula is C38H48N2O5. The van der Waals surface area contributed by atoms with Crippen LogP contribution in [0.15, 0.2) is 78.9 Å². The smallest absolute Gasteiger partial charge is 0.335 e. The summed E-state index contributed by atoms with van der Waals surface area (Å²) in [4.78, 5) is 27.3. The van der Waals surface area contributed by atoms with Crippen LogP contribution in [0.25, 0.3) is 6.08 Å². The number of carbonyl (C=O) groups is 2. The number of para-hydroxylation sites is 2. The standard InChI is InChI=1S/C38H48N2O5/c1-30-11-3-6-14-35(30)40-26-24-39(25-27-40)23-9-2-10-28-45-36-15-7-5-13-33(36)20-17-31(12-4-8-16-37(41)42)29-32-18-21-34(22-19-32)38(43)44/h3,5-7,11,13-15,17-22,31H,2,4,8-10,12,16,23-29H2,1H3,(H,41,42)(H,43,44)/b20-17+. The number of hydrogen-bond donors (Lipinski definition) is 2. The predicted molar refractivity (Wildman–Crippen MR) is 181 cm³/mol. The maximum Gasteiger partial charge on any atom is 0.335 e. The van der Waals surface area contributed by atoms with Crippen LogP contribution in [-0.4, -0.2) is 66.4 Å². The van der Waals surface area contributed by atoms with E-state index in [2.05, 4.69) is 59.2 Å². The fourth-order valence-electron chi connectivity index (χ4n) is 5.95. The number of benzene rings is 3. The maximum atomic E-state index is 11.2. The number of aromatic carboxylic acids is 1. The molecule has 3 aromatic rings. The summed E-state index contributed by atoms with van der Waals surface area (Å²) < 4.78 is 6.22. The first-order valence-electron chi connectivity index (χ1n) is 16.4. The lowest BCUT2D eigenvalue weighted by Gasteiger charge is -2.36. The number of rotatable bonds is 18. The van der Waals surface area contributed by atoms with Gasteiger partial charge in [0, 0.05) is 43.9 Å². The number of hydrogen-bond acceptors (Lipinski definition) is 5. The van der Waals surface area contributed by atoms with E-state index in [0.717, 1.165) is 81.7 Å². The number of ether oxygens (including phenoxy) is 1. The molecule has 1 aliphatic rings. The largest absolute Gasteiger partial charge is 0.493 e. The number of unbranched alkanes of at least 4 members (excludes halogenated alkanes) is 3. The predicted octanol–water partition coefficient (Wildman–Crippen LogP) is 7.58. The van der Waals surface area contributed by atoms with Crippen LogP contribution in [0.5, 0.6) is 5.75 Å². The third-order valence-corrected chi connectivity index (χ3v) is 8.59. The summed E-state index contributed by atoms with van der Waals surface area (Å²) in [5, 5.41) is 18.2. The molecule has 1 saturated heterocycles. The Morgan fingerprint density at radius 3 is 2.31 bits per heavy atom. The molecule has 0 aliphatic carbocycles. The fraction of sp³-hybridized carbons (Fsp3) is 0.421. The molecule has 1 unspecified atom stereocenters. The van der Waals surface area contributed by atoms with Gasteiger partial charge < -0.3 is 19.8 Å². The Hall–Kier alpha value is -4.10. The molecule has 0 spiro atoms. The second-order valence-corrected chi connectivity index (χ2v) is 12.0. The van der Waals surface area contributed by atoms with Crippen molar-refractivity contribution in [2.75, 3.05) is 44.2 Å². The number of aryl methyl sites for hydroxylation is 1. The zero-order valence-electron chi connectivity index (χ0n) is 26.6. The van der Waals surface area contributed by atoms with Crippen LogP contribution in [0.2, 0.25) is 0 Å². The van der Waals surface area contributed by atoms with Crippen molar-refractivity contribution in [3.8, 4) is 5.75 Å². The van der Waals surface area contributed by atoms with Crippen LogP contribution in [0.3, 0.4) is 0 Å². The molecule has 0 aromatic heterocycles. The molecule has 0 radical (unpaired) electrons. The minimum Gasteiger partial charge on any atom is -0.493 e. The molecule has 45 heavy (non-hydrogen) atoms. The van der Waals surface area contributed by atoms with Gasteiger partial charge in [0.2, 0.25) is 0 Å². The highest BCUT2D eigenvalue weighted by molar-refractivity contribution is 5.87. The van der Waals surface area contributed by atoms with Gasteiger partial charge >= 0.3 is 11.9 Å². The summed E-state index contributed by atoms with van der Waals surface area (Å²) in [6.07, 6.45) is 10.9. The van der Waals surface area contributed by atoms with Crippen molar-refractivity contribution in [1.82, 2.24) is 4.90 Å². The van der Waals surface area contributed by atoms with E-state index in [-0.39, 0.29) is 17.9 Å². The molecule has 1 atom stereocenters. The minimum atomic E-state index is -0.934. The zero-order valence-corrected chi connectivity index (χ0v) is 26.6. The van der Waals surface area contributed by atoms with E-state index >= 15 is 0 Å². The molecule has 0 bridgehead atoms. The van der Waals surface area contributed by atoms with Gasteiger partial charge in [-0.3, -0.25) is 9.69 Å². The van der Waals surface area contributed by atoms with Crippen molar-refractivity contribution in [2.45, 2.75) is 58.3 Å². The van der Waals surface area contributed by atoms with Gasteiger partial charge in [-0.05, 0) is 93.3 Å². The van der Waals surface area contributed by atoms with Gasteiger partial charge in [-0.25, -0.2) is 4.79 Å². The zero-order chi connectivity index (χ0) is 31.9. The molecule has 7 heteroatoms. The van der Waals surface area contributed by atoms with E-state index in [1.807, 2.05) is 30.3 Å². The summed E-state index contributed by atoms with van der Waals surface area (Å²) >= 11 is 0. The van der Waals surface area contributed by atoms with E-state index in [1.165, 1.54) is 17.7 Å². The van der Waals surface area contributed by atoms with Crippen molar-refractivity contribution in [2.24, 2.45) is 5.92 Å². The lowest BCUT2D eigenvalue weighted by Crippen LogP contribution is -2.46. The van der Waals surface area contributed by atoms with Gasteiger partial charge in [-0.2, -0.15) is 0 Å². The van der Waals surface area contributed by atoms with E-state index in [9.17, 15) is 14.7 Å². The topological polar surface area (TPSA) is 90.3 Å². The van der Waals surface area contributed by atoms with Gasteiger partial charge in [0.15, 0.2) is 0 Å². The second-order valence-electron chi connectivity index (χ2n) is 12.0. The van der Waals surface area contributed by atoms with Crippen LogP contribution >= 0.6 is 0 Å². The van der Waals surface area contributed by atoms with Crippen molar-refractivity contribution in [1.29, 1.82) is 0 Å². The lowest BCUT2D eigenvalue weighted by atomic mass is 9.92. The summed E-state index contributed by atoms with van der Waals surface area (Å²) in [5.74, 6) is -0.636. The van der Waals surface area contributed by atoms with Gasteiger partial charge in [-0.15, -0.1) is 0 Å². The van der Waals surface area contributed by atoms with Crippen LogP contribution in [0.1, 0.15) is 72.0 Å². The van der Waals surface area contributed by atoms with Crippen molar-refractivity contribution in [3.05, 3.63) is 101 Å². The molecule has 3 aromatic carbocycles. The SMILES string of the molecule is Cc1ccccc1N1CCN(CCCCCOc2ccccc2/C=C/C(CCCCC(=O)O)Cc2ccc(C(=O)O)cc2)CC1. The van der Waals surface area contributed by atoms with Crippen molar-refractivity contribution < 1.29 is 24.5 Å². The molecule has 2 N–H and O–H groups in total. The van der Waals surface area contributed by atoms with Gasteiger partial charge in [0.25, 0.3) is 0 Å². The molecular weight excluding hydrogens is 564 g/mol. The number of anilines is 1. The maximum absolute atomic E-state index is 11.2. The summed E-state index contributed by atoms with van der Waals surface area (Å²) in [6.45, 7) is 8.39. The van der Waals surface area contributed by atoms with Gasteiger partial charge in [0.05, 0.1) is 12.2 Å². The fourth-order valence-corrected chi connectivity index (χ4v) is 5.95. The van der Waals surface area contributed by atoms with E-state index in [1.54, 1.807) is 12.1 Å². The summed E-state index contributed by atoms with van der Waals surface area (Å²) in [5.41, 5.74) is 5.07. The monoisotopic (exact) mass is 612 g/mol. The van der Waals surface area contributed by atoms with Crippen molar-refractivity contribution in [3.63, 3.8) is 0 Å². The third kappa shape index (κ3) is 11.4. The average molecular weight is 613 g/mol. The molecule has 0 amide bonds. The molecule has 1 aliphatic heterocycles. The Balaban J connectivity index is 1.22. The molecule has 1 heterocycles. The number of piperazine rings is 1. The third-order valence-electron chi connectivity index (χ3n) is 8.59. The Morgan fingerprint density at radius 1 is 0.844 bits per heavy atom. The lowest BCUT2D eigenvalue weighted by molar-refractivity contribution is -0.137. The summed E-state index contributed by atoms with van der Waals surface area (Å²) in [6, 6.07) is 23.7. The van der Waals surface area contributed by atoms with Crippen LogP contribution in [0.4, 0.5) is 5.69 Å². The molecule has 0 saturated carbocycles.